The van der Waals surface area contributed by atoms with Gasteiger partial charge in [0.25, 0.3) is 5.91 Å². The molecule has 166 valence electrons. The molecule has 0 saturated heterocycles. The molecule has 1 amide bonds. The Morgan fingerprint density at radius 2 is 2.00 bits per heavy atom. The zero-order valence-electron chi connectivity index (χ0n) is 17.8. The summed E-state index contributed by atoms with van der Waals surface area (Å²) in [6.45, 7) is 0.549. The molecule has 6 nitrogen and oxygen atoms in total. The molecule has 2 aromatic carbocycles. The third kappa shape index (κ3) is 5.06. The van der Waals surface area contributed by atoms with E-state index in [0.717, 1.165) is 18.4 Å². The summed E-state index contributed by atoms with van der Waals surface area (Å²) >= 11 is 0. The molecule has 3 aromatic rings. The Hall–Kier alpha value is -3.45. The van der Waals surface area contributed by atoms with Crippen LogP contribution in [0, 0.1) is 11.7 Å². The summed E-state index contributed by atoms with van der Waals surface area (Å²) in [5.74, 6) is 0.234. The molecule has 2 N–H and O–H groups in total. The number of nitrogens with zero attached hydrogens (tertiary/aromatic N) is 1. The predicted octanol–water partition coefficient (Wildman–Crippen LogP) is 4.11. The van der Waals surface area contributed by atoms with E-state index in [1.165, 1.54) is 19.2 Å². The third-order valence-electron chi connectivity index (χ3n) is 5.42. The monoisotopic (exact) mass is 436 g/mol. The van der Waals surface area contributed by atoms with Crippen molar-refractivity contribution in [2.45, 2.75) is 26.0 Å². The number of hydrogen-bond acceptors (Lipinski definition) is 5. The van der Waals surface area contributed by atoms with Crippen LogP contribution < -0.4 is 14.8 Å². The van der Waals surface area contributed by atoms with E-state index in [9.17, 15) is 14.3 Å². The van der Waals surface area contributed by atoms with E-state index in [-0.39, 0.29) is 24.8 Å². The fourth-order valence-corrected chi connectivity index (χ4v) is 3.38. The Kier molecular flexibility index (Phi) is 6.66. The topological polar surface area (TPSA) is 80.7 Å². The van der Waals surface area contributed by atoms with Crippen LogP contribution in [0.2, 0.25) is 0 Å². The highest BCUT2D eigenvalue weighted by Crippen LogP contribution is 2.32. The highest BCUT2D eigenvalue weighted by Gasteiger charge is 2.24. The minimum atomic E-state index is -0.487. The number of ether oxygens (including phenoxy) is 2. The summed E-state index contributed by atoms with van der Waals surface area (Å²) in [5.41, 5.74) is 2.98. The van der Waals surface area contributed by atoms with Gasteiger partial charge >= 0.3 is 0 Å². The molecule has 1 aliphatic carbocycles. The number of pyridine rings is 1. The minimum absolute atomic E-state index is 0.137. The summed E-state index contributed by atoms with van der Waals surface area (Å²) in [7, 11) is 1.40. The van der Waals surface area contributed by atoms with E-state index in [2.05, 4.69) is 10.3 Å². The molecule has 1 fully saturated rings. The average Bonchev–Trinajstić information content (AvgIpc) is 3.66. The first-order valence-electron chi connectivity index (χ1n) is 10.5. The zero-order valence-corrected chi connectivity index (χ0v) is 17.8. The van der Waals surface area contributed by atoms with E-state index < -0.39 is 5.82 Å². The number of hydrogen-bond donors (Lipinski definition) is 2. The van der Waals surface area contributed by atoms with Gasteiger partial charge in [0.2, 0.25) is 0 Å². The van der Waals surface area contributed by atoms with Gasteiger partial charge in [-0.25, -0.2) is 4.39 Å². The van der Waals surface area contributed by atoms with Gasteiger partial charge in [-0.1, -0.05) is 30.3 Å². The Balaban J connectivity index is 1.58. The van der Waals surface area contributed by atoms with Gasteiger partial charge in [0.1, 0.15) is 5.75 Å². The smallest absolute Gasteiger partial charge is 0.255 e. The second kappa shape index (κ2) is 9.78. The molecule has 0 aliphatic heterocycles. The lowest BCUT2D eigenvalue weighted by Gasteiger charge is -2.14. The molecule has 0 bridgehead atoms. The third-order valence-corrected chi connectivity index (χ3v) is 5.42. The largest absolute Gasteiger partial charge is 0.494 e. The molecule has 0 spiro atoms. The van der Waals surface area contributed by atoms with Crippen molar-refractivity contribution in [1.82, 2.24) is 10.3 Å². The number of carbonyl (C=O) groups excluding carboxylic acids is 1. The van der Waals surface area contributed by atoms with Crippen LogP contribution in [0.25, 0.3) is 11.3 Å². The van der Waals surface area contributed by atoms with E-state index in [1.807, 2.05) is 24.3 Å². The maximum Gasteiger partial charge on any atom is 0.255 e. The van der Waals surface area contributed by atoms with Crippen molar-refractivity contribution in [2.75, 3.05) is 13.7 Å². The Morgan fingerprint density at radius 3 is 2.72 bits per heavy atom. The van der Waals surface area contributed by atoms with Gasteiger partial charge in [-0.15, -0.1) is 0 Å². The van der Waals surface area contributed by atoms with Crippen LogP contribution >= 0.6 is 0 Å². The number of carbonyl (C=O) groups is 1. The van der Waals surface area contributed by atoms with Crippen LogP contribution in [0.4, 0.5) is 4.39 Å². The van der Waals surface area contributed by atoms with Crippen molar-refractivity contribution < 1.29 is 23.8 Å². The van der Waals surface area contributed by atoms with Gasteiger partial charge in [0, 0.05) is 12.1 Å². The molecule has 1 aliphatic rings. The first-order valence-corrected chi connectivity index (χ1v) is 10.5. The first-order chi connectivity index (χ1) is 15.6. The molecule has 0 atom stereocenters. The fraction of sp³-hybridized carbons (Fsp3) is 0.280. The highest BCUT2D eigenvalue weighted by atomic mass is 19.1. The zero-order chi connectivity index (χ0) is 22.5. The lowest BCUT2D eigenvalue weighted by molar-refractivity contribution is 0.0946. The normalized spacial score (nSPS) is 13.0. The maximum absolute atomic E-state index is 14.0. The molecule has 1 saturated carbocycles. The van der Waals surface area contributed by atoms with Crippen molar-refractivity contribution in [3.8, 4) is 22.8 Å². The van der Waals surface area contributed by atoms with Crippen LogP contribution in [0.1, 0.15) is 34.3 Å². The Morgan fingerprint density at radius 1 is 1.19 bits per heavy atom. The van der Waals surface area contributed by atoms with E-state index >= 15 is 0 Å². The van der Waals surface area contributed by atoms with Crippen molar-refractivity contribution in [3.05, 3.63) is 77.2 Å². The Labute approximate surface area is 186 Å². The summed E-state index contributed by atoms with van der Waals surface area (Å²) in [5, 5.41) is 12.5. The standard InChI is InChI=1S/C25H25FN2O4/c1-31-23-9-8-17(10-21(23)26)12-28-25(30)20-11-22(19-5-3-2-4-18(19)14-29)27-13-24(20)32-15-16-6-7-16/h2-5,8-11,13,16,29H,6-7,12,14-15H2,1H3,(H,28,30). The molecular weight excluding hydrogens is 411 g/mol. The predicted molar refractivity (Wildman–Crippen MR) is 118 cm³/mol. The maximum atomic E-state index is 14.0. The molecule has 0 radical (unpaired) electrons. The second-order valence-electron chi connectivity index (χ2n) is 7.79. The van der Waals surface area contributed by atoms with E-state index in [1.54, 1.807) is 18.3 Å². The number of methoxy groups -OCH3 is 1. The molecule has 4 rings (SSSR count). The molecule has 1 aromatic heterocycles. The number of aromatic nitrogens is 1. The summed E-state index contributed by atoms with van der Waals surface area (Å²) in [6.07, 6.45) is 3.80. The van der Waals surface area contributed by atoms with Crippen molar-refractivity contribution in [1.29, 1.82) is 0 Å². The van der Waals surface area contributed by atoms with Gasteiger partial charge in [-0.2, -0.15) is 0 Å². The summed E-state index contributed by atoms with van der Waals surface area (Å²) < 4.78 is 24.8. The molecule has 7 heteroatoms. The van der Waals surface area contributed by atoms with Crippen LogP contribution in [0.5, 0.6) is 11.5 Å². The highest BCUT2D eigenvalue weighted by molar-refractivity contribution is 5.97. The SMILES string of the molecule is COc1ccc(CNC(=O)c2cc(-c3ccccc3CO)ncc2OCC2CC2)cc1F. The van der Waals surface area contributed by atoms with Crippen LogP contribution in [-0.2, 0) is 13.2 Å². The number of benzene rings is 2. The number of aliphatic hydroxyl groups is 1. The van der Waals surface area contributed by atoms with E-state index in [0.29, 0.717) is 40.7 Å². The van der Waals surface area contributed by atoms with Crippen LogP contribution in [0.15, 0.2) is 54.7 Å². The number of halogens is 1. The quantitative estimate of drug-likeness (QED) is 0.528. The minimum Gasteiger partial charge on any atom is -0.494 e. The van der Waals surface area contributed by atoms with E-state index in [4.69, 9.17) is 9.47 Å². The first kappa shape index (κ1) is 21.8. The Bertz CT molecular complexity index is 1110. The van der Waals surface area contributed by atoms with Gasteiger partial charge in [-0.3, -0.25) is 9.78 Å². The average molecular weight is 436 g/mol. The van der Waals surface area contributed by atoms with Crippen LogP contribution in [0.3, 0.4) is 0 Å². The summed E-state index contributed by atoms with van der Waals surface area (Å²) in [6, 6.07) is 13.6. The fourth-order valence-electron chi connectivity index (χ4n) is 3.38. The summed E-state index contributed by atoms with van der Waals surface area (Å²) in [4.78, 5) is 17.5. The van der Waals surface area contributed by atoms with Crippen molar-refractivity contribution in [2.24, 2.45) is 5.92 Å². The number of amides is 1. The van der Waals surface area contributed by atoms with Gasteiger partial charge in [0.15, 0.2) is 11.6 Å². The number of rotatable bonds is 9. The van der Waals surface area contributed by atoms with Gasteiger partial charge < -0.3 is 19.9 Å². The number of nitrogens with one attached hydrogen (secondary N) is 1. The lowest BCUT2D eigenvalue weighted by atomic mass is 10.0. The molecule has 1 heterocycles. The number of aliphatic hydroxyl groups excluding tert-OH is 1. The second-order valence-corrected chi connectivity index (χ2v) is 7.79. The van der Waals surface area contributed by atoms with Gasteiger partial charge in [-0.05, 0) is 48.1 Å². The van der Waals surface area contributed by atoms with Crippen molar-refractivity contribution in [3.63, 3.8) is 0 Å². The van der Waals surface area contributed by atoms with Crippen LogP contribution in [-0.4, -0.2) is 29.7 Å². The molecular formula is C25H25FN2O4. The van der Waals surface area contributed by atoms with Gasteiger partial charge in [0.05, 0.1) is 37.8 Å². The molecule has 32 heavy (non-hydrogen) atoms. The lowest BCUT2D eigenvalue weighted by Crippen LogP contribution is -2.24. The van der Waals surface area contributed by atoms with Crippen molar-refractivity contribution >= 4 is 5.91 Å². The molecule has 0 unspecified atom stereocenters.